The van der Waals surface area contributed by atoms with Crippen molar-refractivity contribution in [3.63, 3.8) is 0 Å². The first kappa shape index (κ1) is 28.8. The fourth-order valence-electron chi connectivity index (χ4n) is 4.10. The largest absolute Gasteiger partial charge is 0.460 e. The molecule has 4 atom stereocenters. The number of hydrogen-bond donors (Lipinski definition) is 0. The highest BCUT2D eigenvalue weighted by Crippen LogP contribution is 2.67. The lowest BCUT2D eigenvalue weighted by molar-refractivity contribution is -0.463. The van der Waals surface area contributed by atoms with Gasteiger partial charge in [0.05, 0.1) is 0 Å². The minimum Gasteiger partial charge on any atom is -0.199 e. The maximum absolute atomic E-state index is 14.4. The van der Waals surface area contributed by atoms with E-state index in [0.29, 0.717) is 0 Å². The number of fused-ring (bicyclic) bond motifs is 2. The van der Waals surface area contributed by atoms with Gasteiger partial charge in [-0.05, 0) is 31.1 Å². The van der Waals surface area contributed by atoms with E-state index in [0.717, 1.165) is 22.6 Å². The molecule has 0 aromatic heterocycles. The Balaban J connectivity index is 2.58. The van der Waals surface area contributed by atoms with Crippen molar-refractivity contribution in [2.45, 2.75) is 70.8 Å². The number of rotatable bonds is 7. The Hall–Kier alpha value is -0.460. The molecule has 0 saturated heterocycles. The Morgan fingerprint density at radius 1 is 0.455 bits per heavy atom. The molecule has 2 saturated carbocycles. The van der Waals surface area contributed by atoms with Crippen LogP contribution in [0.5, 0.6) is 0 Å². The van der Waals surface area contributed by atoms with E-state index in [9.17, 15) is 74.6 Å². The van der Waals surface area contributed by atoms with E-state index in [2.05, 4.69) is 0 Å². The third kappa shape index (κ3) is 3.43. The lowest BCUT2D eigenvalue weighted by atomic mass is 9.78. The van der Waals surface area contributed by atoms with Crippen molar-refractivity contribution in [1.82, 2.24) is 0 Å². The van der Waals surface area contributed by atoms with E-state index in [4.69, 9.17) is 0 Å². The van der Waals surface area contributed by atoms with Crippen molar-refractivity contribution >= 4 is 22.6 Å². The van der Waals surface area contributed by atoms with Crippen LogP contribution in [0.4, 0.5) is 74.6 Å². The normalized spacial score (nSPS) is 28.5. The van der Waals surface area contributed by atoms with Crippen LogP contribution in [0.15, 0.2) is 0 Å². The quantitative estimate of drug-likeness (QED) is 0.151. The number of halogens is 18. The molecule has 0 spiro atoms. The molecule has 0 N–H and O–H groups in total. The molecular weight excluding hydrogens is 630 g/mol. The summed E-state index contributed by atoms with van der Waals surface area (Å²) in [6.07, 6.45) is -8.11. The summed E-state index contributed by atoms with van der Waals surface area (Å²) < 4.78 is 226. The van der Waals surface area contributed by atoms with Crippen molar-refractivity contribution in [2.75, 3.05) is 0 Å². The molecule has 0 heterocycles. The molecule has 4 unspecified atom stereocenters. The molecule has 0 amide bonds. The number of hydrogen-bond acceptors (Lipinski definition) is 0. The molecule has 2 aliphatic carbocycles. The van der Waals surface area contributed by atoms with E-state index in [1.807, 2.05) is 0 Å². The smallest absolute Gasteiger partial charge is 0.199 e. The minimum absolute atomic E-state index is 0.153. The van der Waals surface area contributed by atoms with Gasteiger partial charge in [-0.25, -0.2) is 0 Å². The monoisotopic (exact) mass is 640 g/mol. The summed E-state index contributed by atoms with van der Waals surface area (Å²) >= 11 is 1.11. The lowest BCUT2D eigenvalue weighted by Gasteiger charge is -2.45. The second kappa shape index (κ2) is 7.52. The van der Waals surface area contributed by atoms with Gasteiger partial charge in [-0.3, -0.25) is 0 Å². The summed E-state index contributed by atoms with van der Waals surface area (Å²) in [4.78, 5) is 0. The Bertz CT molecular complexity index is 752. The molecule has 2 aliphatic rings. The molecule has 0 aromatic rings. The summed E-state index contributed by atoms with van der Waals surface area (Å²) in [6.45, 7) is 0. The first-order valence-corrected chi connectivity index (χ1v) is 9.85. The zero-order chi connectivity index (χ0) is 26.4. The molecule has 0 nitrogen and oxygen atoms in total. The second-order valence-corrected chi connectivity index (χ2v) is 9.31. The molecule has 18 heteroatoms. The van der Waals surface area contributed by atoms with Crippen LogP contribution in [0.2, 0.25) is 0 Å². The van der Waals surface area contributed by atoms with Crippen molar-refractivity contribution in [3.05, 3.63) is 0 Å². The summed E-state index contributed by atoms with van der Waals surface area (Å²) in [7, 11) is 0. The van der Waals surface area contributed by atoms with Crippen molar-refractivity contribution < 1.29 is 74.6 Å². The molecule has 0 aromatic carbocycles. The van der Waals surface area contributed by atoms with Gasteiger partial charge in [0, 0.05) is 9.84 Å². The van der Waals surface area contributed by atoms with Crippen LogP contribution in [0.3, 0.4) is 0 Å². The maximum atomic E-state index is 14.4. The van der Waals surface area contributed by atoms with E-state index in [1.54, 1.807) is 0 Å². The highest BCUT2D eigenvalue weighted by atomic mass is 127. The Kier molecular flexibility index (Phi) is 6.56. The Labute approximate surface area is 186 Å². The van der Waals surface area contributed by atoms with Crippen molar-refractivity contribution in [1.29, 1.82) is 0 Å². The van der Waals surface area contributed by atoms with E-state index >= 15 is 0 Å². The van der Waals surface area contributed by atoms with Crippen LogP contribution in [-0.4, -0.2) is 51.6 Å². The van der Waals surface area contributed by atoms with Gasteiger partial charge in [0.1, 0.15) is 0 Å². The van der Waals surface area contributed by atoms with Gasteiger partial charge in [0.25, 0.3) is 0 Å². The summed E-state index contributed by atoms with van der Waals surface area (Å²) in [5.41, 5.74) is 0. The molecule has 2 fully saturated rings. The van der Waals surface area contributed by atoms with Crippen molar-refractivity contribution in [2.24, 2.45) is 17.8 Å². The topological polar surface area (TPSA) is 0 Å². The highest BCUT2D eigenvalue weighted by Gasteiger charge is 2.95. The molecule has 33 heavy (non-hydrogen) atoms. The SMILES string of the molecule is FC(F)(F)C(F)(F)C(F)(F)C(F)(F)C(F)(F)C(F)(F)C(F)(F)C(F)(F)C1C2CCC(C2)C1I. The average Bonchev–Trinajstić information content (AvgIpc) is 3.20. The standard InChI is InChI=1S/C15H10F17I/c16-8(17,6-4-1-2-5(3-4)7(6)33)9(18,19)10(20,21)11(22,23)12(24,25)13(26,27)14(28,29)15(30,31)32/h4-7H,1-3H2. The van der Waals surface area contributed by atoms with E-state index < -0.39 is 69.3 Å². The first-order valence-electron chi connectivity index (χ1n) is 8.60. The van der Waals surface area contributed by atoms with Crippen molar-refractivity contribution in [3.8, 4) is 0 Å². The molecule has 0 aliphatic heterocycles. The fraction of sp³-hybridized carbons (Fsp3) is 1.00. The van der Waals surface area contributed by atoms with Crippen LogP contribution in [-0.2, 0) is 0 Å². The second-order valence-electron chi connectivity index (χ2n) is 7.87. The molecule has 2 bridgehead atoms. The zero-order valence-corrected chi connectivity index (χ0v) is 17.4. The predicted molar refractivity (Wildman–Crippen MR) is 82.8 cm³/mol. The molecular formula is C15H10F17I. The van der Waals surface area contributed by atoms with Crippen LogP contribution >= 0.6 is 22.6 Å². The Morgan fingerprint density at radius 3 is 1.12 bits per heavy atom. The third-order valence-corrected chi connectivity index (χ3v) is 7.77. The van der Waals surface area contributed by atoms with Gasteiger partial charge >= 0.3 is 47.6 Å². The van der Waals surface area contributed by atoms with Crippen LogP contribution in [0, 0.1) is 17.8 Å². The van der Waals surface area contributed by atoms with E-state index in [-0.39, 0.29) is 19.3 Å². The van der Waals surface area contributed by atoms with Gasteiger partial charge in [-0.2, -0.15) is 74.6 Å². The minimum atomic E-state index is -8.57. The zero-order valence-electron chi connectivity index (χ0n) is 15.2. The third-order valence-electron chi connectivity index (χ3n) is 5.98. The Morgan fingerprint density at radius 2 is 0.788 bits per heavy atom. The summed E-state index contributed by atoms with van der Waals surface area (Å²) in [5.74, 6) is -60.7. The van der Waals surface area contributed by atoms with Crippen LogP contribution in [0.25, 0.3) is 0 Å². The molecule has 0 radical (unpaired) electrons. The predicted octanol–water partition coefficient (Wildman–Crippen LogP) is 7.85. The highest BCUT2D eigenvalue weighted by molar-refractivity contribution is 14.1. The fourth-order valence-corrected chi connectivity index (χ4v) is 5.79. The van der Waals surface area contributed by atoms with E-state index in [1.165, 1.54) is 0 Å². The van der Waals surface area contributed by atoms with Gasteiger partial charge in [0.15, 0.2) is 0 Å². The lowest BCUT2D eigenvalue weighted by Crippen LogP contribution is -2.75. The maximum Gasteiger partial charge on any atom is 0.460 e. The van der Waals surface area contributed by atoms with Gasteiger partial charge < -0.3 is 0 Å². The van der Waals surface area contributed by atoms with Gasteiger partial charge in [-0.15, -0.1) is 0 Å². The number of alkyl halides is 18. The van der Waals surface area contributed by atoms with Crippen LogP contribution < -0.4 is 0 Å². The summed E-state index contributed by atoms with van der Waals surface area (Å²) in [6, 6.07) is 0. The van der Waals surface area contributed by atoms with Gasteiger partial charge in [-0.1, -0.05) is 22.6 Å². The molecule has 2 rings (SSSR count). The summed E-state index contributed by atoms with van der Waals surface area (Å²) in [5, 5.41) is 0. The first-order chi connectivity index (χ1) is 14.2. The molecule has 196 valence electrons. The average molecular weight is 640 g/mol. The van der Waals surface area contributed by atoms with Gasteiger partial charge in [0.2, 0.25) is 0 Å². The van der Waals surface area contributed by atoms with Crippen LogP contribution in [0.1, 0.15) is 19.3 Å².